The van der Waals surface area contributed by atoms with Crippen LogP contribution < -0.4 is 5.43 Å². The normalized spacial score (nSPS) is 27.6. The van der Waals surface area contributed by atoms with Gasteiger partial charge in [0.1, 0.15) is 0 Å². The first-order valence-electron chi connectivity index (χ1n) is 7.23. The first kappa shape index (κ1) is 14.0. The minimum atomic E-state index is 0.693. The van der Waals surface area contributed by atoms with Crippen LogP contribution in [0.5, 0.6) is 0 Å². The summed E-state index contributed by atoms with van der Waals surface area (Å²) in [5.41, 5.74) is 3.79. The van der Waals surface area contributed by atoms with Gasteiger partial charge in [0.2, 0.25) is 0 Å². The lowest BCUT2D eigenvalue weighted by atomic mass is 9.99. The zero-order valence-corrected chi connectivity index (χ0v) is 11.6. The molecule has 1 saturated heterocycles. The maximum atomic E-state index is 3.79. The van der Waals surface area contributed by atoms with Crippen LogP contribution in [0.25, 0.3) is 0 Å². The van der Waals surface area contributed by atoms with E-state index in [9.17, 15) is 0 Å². The maximum absolute atomic E-state index is 3.79. The Kier molecular flexibility index (Phi) is 6.37. The van der Waals surface area contributed by atoms with Crippen molar-refractivity contribution in [3.63, 3.8) is 0 Å². The Morgan fingerprint density at radius 2 is 1.56 bits per heavy atom. The number of nitrogens with one attached hydrogen (secondary N) is 1. The van der Waals surface area contributed by atoms with Gasteiger partial charge in [0.25, 0.3) is 0 Å². The molecule has 0 aromatic heterocycles. The van der Waals surface area contributed by atoms with Gasteiger partial charge in [-0.3, -0.25) is 5.43 Å². The summed E-state index contributed by atoms with van der Waals surface area (Å²) in [7, 11) is 0. The van der Waals surface area contributed by atoms with Crippen LogP contribution in [-0.4, -0.2) is 23.1 Å². The third-order valence-corrected chi connectivity index (χ3v) is 3.80. The molecule has 16 heavy (non-hydrogen) atoms. The van der Waals surface area contributed by atoms with Gasteiger partial charge >= 0.3 is 0 Å². The third kappa shape index (κ3) is 4.06. The first-order valence-corrected chi connectivity index (χ1v) is 7.23. The van der Waals surface area contributed by atoms with Crippen LogP contribution in [-0.2, 0) is 0 Å². The predicted molar refractivity (Wildman–Crippen MR) is 71.4 cm³/mol. The summed E-state index contributed by atoms with van der Waals surface area (Å²) in [6.45, 7) is 9.29. The minimum Gasteiger partial charge on any atom is -0.252 e. The highest BCUT2D eigenvalue weighted by Crippen LogP contribution is 2.21. The highest BCUT2D eigenvalue weighted by atomic mass is 15.5. The highest BCUT2D eigenvalue weighted by Gasteiger charge is 2.26. The second-order valence-electron chi connectivity index (χ2n) is 5.44. The van der Waals surface area contributed by atoms with E-state index >= 15 is 0 Å². The Hall–Kier alpha value is -0.0800. The second-order valence-corrected chi connectivity index (χ2v) is 5.44. The molecule has 0 radical (unpaired) electrons. The van der Waals surface area contributed by atoms with Crippen LogP contribution in [0.1, 0.15) is 72.6 Å². The smallest absolute Gasteiger partial charge is 0.0218 e. The van der Waals surface area contributed by atoms with Crippen molar-refractivity contribution in [3.8, 4) is 0 Å². The largest absolute Gasteiger partial charge is 0.252 e. The van der Waals surface area contributed by atoms with E-state index in [1.807, 2.05) is 0 Å². The number of hydrazine groups is 1. The quantitative estimate of drug-likeness (QED) is 0.742. The molecule has 2 unspecified atom stereocenters. The first-order chi connectivity index (χ1) is 7.69. The van der Waals surface area contributed by atoms with Gasteiger partial charge < -0.3 is 0 Å². The van der Waals surface area contributed by atoms with E-state index in [2.05, 4.69) is 38.1 Å². The fourth-order valence-corrected chi connectivity index (χ4v) is 2.86. The number of hydrogen-bond donors (Lipinski definition) is 1. The van der Waals surface area contributed by atoms with Crippen molar-refractivity contribution >= 4 is 0 Å². The minimum absolute atomic E-state index is 0.693. The molecule has 2 heteroatoms. The molecule has 1 fully saturated rings. The van der Waals surface area contributed by atoms with Gasteiger partial charge in [0, 0.05) is 18.1 Å². The molecule has 1 rings (SSSR count). The summed E-state index contributed by atoms with van der Waals surface area (Å²) in [6, 6.07) is 2.11. The summed E-state index contributed by atoms with van der Waals surface area (Å²) in [4.78, 5) is 0. The van der Waals surface area contributed by atoms with Gasteiger partial charge in [-0.05, 0) is 39.5 Å². The molecule has 0 saturated carbocycles. The molecule has 0 aromatic carbocycles. The lowest BCUT2D eigenvalue weighted by Gasteiger charge is -2.41. The van der Waals surface area contributed by atoms with Crippen molar-refractivity contribution in [1.82, 2.24) is 10.4 Å². The van der Waals surface area contributed by atoms with Crippen molar-refractivity contribution in [2.75, 3.05) is 0 Å². The SMILES string of the molecule is CCCC(CCC)NN1C(C)CCCC1C. The molecule has 0 aliphatic carbocycles. The molecular formula is C14H30N2. The van der Waals surface area contributed by atoms with E-state index in [1.165, 1.54) is 44.9 Å². The molecule has 1 N–H and O–H groups in total. The fourth-order valence-electron chi connectivity index (χ4n) is 2.86. The number of rotatable bonds is 6. The van der Waals surface area contributed by atoms with Crippen LogP contribution in [0.4, 0.5) is 0 Å². The second kappa shape index (κ2) is 7.29. The van der Waals surface area contributed by atoms with E-state index < -0.39 is 0 Å². The summed E-state index contributed by atoms with van der Waals surface area (Å²) in [6.07, 6.45) is 9.29. The van der Waals surface area contributed by atoms with Gasteiger partial charge in [-0.2, -0.15) is 0 Å². The molecule has 0 amide bonds. The molecule has 0 aromatic rings. The Morgan fingerprint density at radius 1 is 1.06 bits per heavy atom. The Bertz CT molecular complexity index is 166. The van der Waals surface area contributed by atoms with Crippen molar-refractivity contribution in [2.24, 2.45) is 0 Å². The monoisotopic (exact) mass is 226 g/mol. The van der Waals surface area contributed by atoms with E-state index in [0.29, 0.717) is 18.1 Å². The van der Waals surface area contributed by atoms with Crippen LogP contribution in [0, 0.1) is 0 Å². The number of hydrogen-bond acceptors (Lipinski definition) is 2. The van der Waals surface area contributed by atoms with Gasteiger partial charge in [0.05, 0.1) is 0 Å². The van der Waals surface area contributed by atoms with Crippen LogP contribution in [0.15, 0.2) is 0 Å². The zero-order valence-electron chi connectivity index (χ0n) is 11.6. The van der Waals surface area contributed by atoms with Crippen molar-refractivity contribution < 1.29 is 0 Å². The zero-order chi connectivity index (χ0) is 12.0. The maximum Gasteiger partial charge on any atom is 0.0218 e. The molecule has 0 spiro atoms. The van der Waals surface area contributed by atoms with Gasteiger partial charge in [-0.15, -0.1) is 0 Å². The third-order valence-electron chi connectivity index (χ3n) is 3.80. The molecule has 1 aliphatic rings. The van der Waals surface area contributed by atoms with Crippen molar-refractivity contribution in [3.05, 3.63) is 0 Å². The van der Waals surface area contributed by atoms with Gasteiger partial charge in [-0.25, -0.2) is 5.01 Å². The Balaban J connectivity index is 2.46. The average Bonchev–Trinajstić information content (AvgIpc) is 2.24. The van der Waals surface area contributed by atoms with E-state index in [0.717, 1.165) is 0 Å². The average molecular weight is 226 g/mol. The van der Waals surface area contributed by atoms with Crippen molar-refractivity contribution in [2.45, 2.75) is 90.8 Å². The molecule has 0 bridgehead atoms. The summed E-state index contributed by atoms with van der Waals surface area (Å²) >= 11 is 0. The number of piperidine rings is 1. The molecule has 1 heterocycles. The molecule has 2 nitrogen and oxygen atoms in total. The lowest BCUT2D eigenvalue weighted by molar-refractivity contribution is 0.0262. The van der Waals surface area contributed by atoms with Crippen molar-refractivity contribution in [1.29, 1.82) is 0 Å². The summed E-state index contributed by atoms with van der Waals surface area (Å²) in [5, 5.41) is 2.53. The van der Waals surface area contributed by atoms with E-state index in [-0.39, 0.29) is 0 Å². The molecule has 96 valence electrons. The lowest BCUT2D eigenvalue weighted by Crippen LogP contribution is -2.55. The van der Waals surface area contributed by atoms with E-state index in [4.69, 9.17) is 0 Å². The molecular weight excluding hydrogens is 196 g/mol. The summed E-state index contributed by atoms with van der Waals surface area (Å²) in [5.74, 6) is 0. The standard InChI is InChI=1S/C14H30N2/c1-5-8-14(9-6-2)15-16-12(3)10-7-11-13(16)4/h12-15H,5-11H2,1-4H3. The topological polar surface area (TPSA) is 15.3 Å². The van der Waals surface area contributed by atoms with Gasteiger partial charge in [0.15, 0.2) is 0 Å². The van der Waals surface area contributed by atoms with Crippen LogP contribution in [0.3, 0.4) is 0 Å². The highest BCUT2D eigenvalue weighted by molar-refractivity contribution is 4.78. The van der Waals surface area contributed by atoms with Gasteiger partial charge in [-0.1, -0.05) is 33.1 Å². The molecule has 1 aliphatic heterocycles. The summed E-state index contributed by atoms with van der Waals surface area (Å²) < 4.78 is 0. The number of nitrogens with zero attached hydrogens (tertiary/aromatic N) is 1. The molecule has 2 atom stereocenters. The Labute approximate surface area is 102 Å². The predicted octanol–water partition coefficient (Wildman–Crippen LogP) is 3.72. The Morgan fingerprint density at radius 3 is 2.00 bits per heavy atom. The van der Waals surface area contributed by atoms with E-state index in [1.54, 1.807) is 0 Å². The van der Waals surface area contributed by atoms with Crippen LogP contribution >= 0.6 is 0 Å². The van der Waals surface area contributed by atoms with Crippen LogP contribution in [0.2, 0.25) is 0 Å². The fraction of sp³-hybridized carbons (Fsp3) is 1.00.